The van der Waals surface area contributed by atoms with E-state index in [0.717, 1.165) is 32.1 Å². The van der Waals surface area contributed by atoms with Crippen molar-refractivity contribution in [3.63, 3.8) is 0 Å². The van der Waals surface area contributed by atoms with Crippen LogP contribution in [-0.2, 0) is 9.59 Å². The van der Waals surface area contributed by atoms with Crippen LogP contribution in [0.25, 0.3) is 0 Å². The van der Waals surface area contributed by atoms with Crippen LogP contribution in [0.5, 0.6) is 0 Å². The third kappa shape index (κ3) is 10.9. The third-order valence-corrected chi connectivity index (χ3v) is 3.34. The zero-order valence-electron chi connectivity index (χ0n) is 13.8. The number of carboxylic acid groups (broad SMARTS) is 1. The summed E-state index contributed by atoms with van der Waals surface area (Å²) in [5, 5.41) is 8.94. The maximum Gasteiger partial charge on any atom is 0.323 e. The summed E-state index contributed by atoms with van der Waals surface area (Å²) in [7, 11) is 0. The molecule has 1 amide bonds. The minimum atomic E-state index is -0.968. The first kappa shape index (κ1) is 20.2. The van der Waals surface area contributed by atoms with Gasteiger partial charge in [-0.3, -0.25) is 14.6 Å². The number of nitrogens with zero attached hydrogens (tertiary/aromatic N) is 2. The third-order valence-electron chi connectivity index (χ3n) is 3.34. The van der Waals surface area contributed by atoms with Crippen LogP contribution in [0.2, 0.25) is 0 Å². The summed E-state index contributed by atoms with van der Waals surface area (Å²) >= 11 is 0. The van der Waals surface area contributed by atoms with E-state index in [9.17, 15) is 9.59 Å². The molecule has 0 spiro atoms. The average molecular weight is 314 g/mol. The first-order valence-electron chi connectivity index (χ1n) is 7.91. The quantitative estimate of drug-likeness (QED) is 0.283. The molecular weight excluding hydrogens is 284 g/mol. The van der Waals surface area contributed by atoms with Gasteiger partial charge >= 0.3 is 5.97 Å². The summed E-state index contributed by atoms with van der Waals surface area (Å²) in [5.41, 5.74) is 10.4. The monoisotopic (exact) mass is 314 g/mol. The Morgan fingerprint density at radius 2 is 1.91 bits per heavy atom. The molecule has 0 aromatic carbocycles. The fraction of sp³-hybridized carbons (Fsp3) is 0.800. The highest BCUT2D eigenvalue weighted by Crippen LogP contribution is 2.10. The minimum Gasteiger partial charge on any atom is -0.480 e. The number of hydrogen-bond donors (Lipinski definition) is 3. The van der Waals surface area contributed by atoms with Gasteiger partial charge in [0.2, 0.25) is 5.91 Å². The van der Waals surface area contributed by atoms with Crippen LogP contribution in [0.1, 0.15) is 52.4 Å². The summed E-state index contributed by atoms with van der Waals surface area (Å²) in [6, 6.07) is 0. The SMILES string of the molecule is CCCC(C)CN(CC(=O)O)C(=O)CCCCCN=C(N)N. The van der Waals surface area contributed by atoms with Gasteiger partial charge in [-0.1, -0.05) is 26.7 Å². The standard InChI is InChI=1S/C15H30N4O3/c1-3-7-12(2)10-19(11-14(21)22)13(20)8-5-4-6-9-18-15(16)17/h12H,3-11H2,1-2H3,(H,21,22)(H4,16,17,18). The van der Waals surface area contributed by atoms with Gasteiger partial charge in [0.05, 0.1) is 0 Å². The molecule has 7 nitrogen and oxygen atoms in total. The second-order valence-corrected chi connectivity index (χ2v) is 5.68. The molecule has 5 N–H and O–H groups in total. The first-order chi connectivity index (χ1) is 10.4. The molecule has 0 heterocycles. The summed E-state index contributed by atoms with van der Waals surface area (Å²) < 4.78 is 0. The molecule has 0 saturated heterocycles. The maximum atomic E-state index is 12.2. The van der Waals surface area contributed by atoms with Crippen LogP contribution < -0.4 is 11.5 Å². The Labute approximate surface area is 132 Å². The van der Waals surface area contributed by atoms with E-state index < -0.39 is 5.97 Å². The van der Waals surface area contributed by atoms with Crippen LogP contribution in [0.3, 0.4) is 0 Å². The van der Waals surface area contributed by atoms with Crippen LogP contribution in [0.15, 0.2) is 4.99 Å². The predicted molar refractivity (Wildman–Crippen MR) is 87.4 cm³/mol. The Hall–Kier alpha value is -1.79. The highest BCUT2D eigenvalue weighted by atomic mass is 16.4. The summed E-state index contributed by atoms with van der Waals surface area (Å²) in [4.78, 5) is 28.4. The topological polar surface area (TPSA) is 122 Å². The smallest absolute Gasteiger partial charge is 0.323 e. The van der Waals surface area contributed by atoms with Crippen LogP contribution in [0.4, 0.5) is 0 Å². The van der Waals surface area contributed by atoms with Crippen molar-refractivity contribution >= 4 is 17.8 Å². The summed E-state index contributed by atoms with van der Waals surface area (Å²) in [6.07, 6.45) is 4.76. The van der Waals surface area contributed by atoms with E-state index in [2.05, 4.69) is 11.9 Å². The molecule has 0 aromatic heterocycles. The van der Waals surface area contributed by atoms with Crippen molar-refractivity contribution in [3.05, 3.63) is 0 Å². The largest absolute Gasteiger partial charge is 0.480 e. The number of rotatable bonds is 12. The molecule has 0 aliphatic rings. The molecule has 7 heteroatoms. The maximum absolute atomic E-state index is 12.2. The highest BCUT2D eigenvalue weighted by molar-refractivity contribution is 5.81. The van der Waals surface area contributed by atoms with E-state index >= 15 is 0 Å². The van der Waals surface area contributed by atoms with Crippen LogP contribution in [0, 0.1) is 5.92 Å². The molecule has 128 valence electrons. The van der Waals surface area contributed by atoms with E-state index in [1.54, 1.807) is 0 Å². The number of carbonyl (C=O) groups excluding carboxylic acids is 1. The number of unbranched alkanes of at least 4 members (excludes halogenated alkanes) is 2. The number of guanidine groups is 1. The summed E-state index contributed by atoms with van der Waals surface area (Å²) in [6.45, 7) is 4.97. The van der Waals surface area contributed by atoms with Gasteiger partial charge in [-0.2, -0.15) is 0 Å². The van der Waals surface area contributed by atoms with Gasteiger partial charge in [-0.05, 0) is 25.2 Å². The fourth-order valence-electron chi connectivity index (χ4n) is 2.31. The second kappa shape index (κ2) is 11.8. The van der Waals surface area contributed by atoms with E-state index in [-0.39, 0.29) is 18.4 Å². The van der Waals surface area contributed by atoms with E-state index in [0.29, 0.717) is 25.4 Å². The fourth-order valence-corrected chi connectivity index (χ4v) is 2.31. The van der Waals surface area contributed by atoms with Gasteiger partial charge in [0.15, 0.2) is 5.96 Å². The Bertz CT molecular complexity index is 368. The molecule has 0 aliphatic heterocycles. The molecule has 1 unspecified atom stereocenters. The lowest BCUT2D eigenvalue weighted by molar-refractivity contribution is -0.145. The van der Waals surface area contributed by atoms with Crippen molar-refractivity contribution in [2.45, 2.75) is 52.4 Å². The number of hydrogen-bond acceptors (Lipinski definition) is 3. The Morgan fingerprint density at radius 3 is 2.45 bits per heavy atom. The number of nitrogens with two attached hydrogens (primary N) is 2. The molecule has 0 saturated carbocycles. The van der Waals surface area contributed by atoms with E-state index in [1.807, 2.05) is 6.92 Å². The minimum absolute atomic E-state index is 0.0774. The van der Waals surface area contributed by atoms with Gasteiger partial charge in [0, 0.05) is 19.5 Å². The lowest BCUT2D eigenvalue weighted by Gasteiger charge is -2.24. The normalized spacial score (nSPS) is 11.7. The molecule has 0 aliphatic carbocycles. The lowest BCUT2D eigenvalue weighted by Crippen LogP contribution is -2.38. The van der Waals surface area contributed by atoms with Crippen molar-refractivity contribution in [1.82, 2.24) is 4.90 Å². The number of aliphatic carboxylic acids is 1. The van der Waals surface area contributed by atoms with Gasteiger partial charge in [-0.25, -0.2) is 0 Å². The van der Waals surface area contributed by atoms with Crippen LogP contribution >= 0.6 is 0 Å². The molecule has 0 bridgehead atoms. The Morgan fingerprint density at radius 1 is 1.23 bits per heavy atom. The number of carbonyl (C=O) groups is 2. The molecule has 0 aromatic rings. The molecular formula is C15H30N4O3. The number of carboxylic acids is 1. The van der Waals surface area contributed by atoms with Gasteiger partial charge in [-0.15, -0.1) is 0 Å². The van der Waals surface area contributed by atoms with Gasteiger partial charge in [0.1, 0.15) is 6.54 Å². The van der Waals surface area contributed by atoms with Crippen molar-refractivity contribution in [1.29, 1.82) is 0 Å². The molecule has 1 atom stereocenters. The molecule has 0 radical (unpaired) electrons. The Balaban J connectivity index is 4.16. The number of aliphatic imine (C=N–C) groups is 1. The van der Waals surface area contributed by atoms with E-state index in [4.69, 9.17) is 16.6 Å². The first-order valence-corrected chi connectivity index (χ1v) is 7.91. The zero-order valence-corrected chi connectivity index (χ0v) is 13.8. The van der Waals surface area contributed by atoms with Crippen molar-refractivity contribution < 1.29 is 14.7 Å². The zero-order chi connectivity index (χ0) is 17.0. The van der Waals surface area contributed by atoms with Crippen molar-refractivity contribution in [2.75, 3.05) is 19.6 Å². The molecule has 22 heavy (non-hydrogen) atoms. The van der Waals surface area contributed by atoms with Crippen molar-refractivity contribution in [3.8, 4) is 0 Å². The van der Waals surface area contributed by atoms with Gasteiger partial charge < -0.3 is 21.5 Å². The average Bonchev–Trinajstić information content (AvgIpc) is 2.41. The number of amides is 1. The molecule has 0 fully saturated rings. The second-order valence-electron chi connectivity index (χ2n) is 5.68. The highest BCUT2D eigenvalue weighted by Gasteiger charge is 2.18. The predicted octanol–water partition coefficient (Wildman–Crippen LogP) is 1.17. The lowest BCUT2D eigenvalue weighted by atomic mass is 10.1. The summed E-state index contributed by atoms with van der Waals surface area (Å²) in [5.74, 6) is -0.666. The van der Waals surface area contributed by atoms with Gasteiger partial charge in [0.25, 0.3) is 0 Å². The Kier molecular flexibility index (Phi) is 10.9. The van der Waals surface area contributed by atoms with E-state index in [1.165, 1.54) is 4.90 Å². The van der Waals surface area contributed by atoms with Crippen molar-refractivity contribution in [2.24, 2.45) is 22.4 Å². The van der Waals surface area contributed by atoms with Crippen LogP contribution in [-0.4, -0.2) is 47.5 Å². The molecule has 0 rings (SSSR count).